The van der Waals surface area contributed by atoms with Gasteiger partial charge in [-0.3, -0.25) is 4.90 Å². The second kappa shape index (κ2) is 9.28. The smallest absolute Gasteiger partial charge is 0.123 e. The van der Waals surface area contributed by atoms with E-state index in [9.17, 15) is 0 Å². The highest BCUT2D eigenvalue weighted by molar-refractivity contribution is 5.85. The Bertz CT molecular complexity index is 1270. The van der Waals surface area contributed by atoms with Gasteiger partial charge in [0.1, 0.15) is 5.75 Å². The van der Waals surface area contributed by atoms with Crippen LogP contribution in [0.5, 0.6) is 5.75 Å². The first-order chi connectivity index (χ1) is 16.8. The maximum absolute atomic E-state index is 5.78. The van der Waals surface area contributed by atoms with E-state index in [1.165, 1.54) is 51.7 Å². The molecule has 2 aliphatic heterocycles. The molecule has 2 aliphatic rings. The van der Waals surface area contributed by atoms with Crippen LogP contribution in [0.2, 0.25) is 0 Å². The molecule has 3 aromatic carbocycles. The Morgan fingerprint density at radius 2 is 1.71 bits per heavy atom. The average Bonchev–Trinajstić information content (AvgIpc) is 3.29. The second-order valence-corrected chi connectivity index (χ2v) is 9.73. The number of H-pyrrole nitrogens is 1. The number of hydrogen-bond donors (Lipinski definition) is 2. The third-order valence-electron chi connectivity index (χ3n) is 7.75. The number of hydrogen-bond acceptors (Lipinski definition) is 3. The Kier molecular flexibility index (Phi) is 5.86. The molecule has 0 bridgehead atoms. The van der Waals surface area contributed by atoms with Crippen molar-refractivity contribution in [3.8, 4) is 5.75 Å². The quantitative estimate of drug-likeness (QED) is 0.403. The minimum Gasteiger partial charge on any atom is -0.496 e. The van der Waals surface area contributed by atoms with E-state index >= 15 is 0 Å². The van der Waals surface area contributed by atoms with Crippen LogP contribution < -0.4 is 10.1 Å². The molecular weight excluding hydrogens is 418 g/mol. The van der Waals surface area contributed by atoms with Crippen LogP contribution in [0.1, 0.15) is 52.7 Å². The number of nitrogens with one attached hydrogen (secondary N) is 2. The lowest BCUT2D eigenvalue weighted by atomic mass is 9.89. The average molecular weight is 452 g/mol. The van der Waals surface area contributed by atoms with E-state index in [-0.39, 0.29) is 6.04 Å². The highest BCUT2D eigenvalue weighted by Crippen LogP contribution is 2.36. The first-order valence-electron chi connectivity index (χ1n) is 12.6. The van der Waals surface area contributed by atoms with E-state index in [1.807, 2.05) is 0 Å². The number of aromatic amines is 1. The van der Waals surface area contributed by atoms with E-state index in [1.54, 1.807) is 7.11 Å². The number of nitrogens with zero attached hydrogens (tertiary/aromatic N) is 1. The van der Waals surface area contributed by atoms with Crippen LogP contribution in [0.4, 0.5) is 0 Å². The first-order valence-corrected chi connectivity index (χ1v) is 12.6. The normalized spacial score (nSPS) is 19.3. The molecule has 4 nitrogen and oxygen atoms in total. The lowest BCUT2D eigenvalue weighted by molar-refractivity contribution is 0.202. The van der Waals surface area contributed by atoms with Crippen molar-refractivity contribution >= 4 is 10.9 Å². The van der Waals surface area contributed by atoms with Gasteiger partial charge in [0.2, 0.25) is 0 Å². The summed E-state index contributed by atoms with van der Waals surface area (Å²) >= 11 is 0. The van der Waals surface area contributed by atoms with Crippen molar-refractivity contribution in [2.75, 3.05) is 26.7 Å². The number of para-hydroxylation sites is 1. The predicted octanol–water partition coefficient (Wildman–Crippen LogP) is 5.79. The number of benzene rings is 3. The molecule has 174 valence electrons. The zero-order chi connectivity index (χ0) is 22.9. The summed E-state index contributed by atoms with van der Waals surface area (Å²) in [6.07, 6.45) is 3.50. The van der Waals surface area contributed by atoms with Gasteiger partial charge >= 0.3 is 0 Å². The van der Waals surface area contributed by atoms with Gasteiger partial charge in [-0.2, -0.15) is 0 Å². The fourth-order valence-electron chi connectivity index (χ4n) is 5.96. The fourth-order valence-corrected chi connectivity index (χ4v) is 5.96. The molecule has 1 fully saturated rings. The molecule has 0 aliphatic carbocycles. The summed E-state index contributed by atoms with van der Waals surface area (Å²) in [7, 11) is 1.79. The Labute approximate surface area is 201 Å². The lowest BCUT2D eigenvalue weighted by Gasteiger charge is -2.33. The molecule has 1 atom stereocenters. The Morgan fingerprint density at radius 3 is 2.53 bits per heavy atom. The molecule has 2 N–H and O–H groups in total. The summed E-state index contributed by atoms with van der Waals surface area (Å²) in [4.78, 5) is 6.30. The Morgan fingerprint density at radius 1 is 0.912 bits per heavy atom. The van der Waals surface area contributed by atoms with Gasteiger partial charge in [-0.1, -0.05) is 54.6 Å². The third kappa shape index (κ3) is 4.02. The van der Waals surface area contributed by atoms with Crippen LogP contribution in [0, 0.1) is 0 Å². The zero-order valence-electron chi connectivity index (χ0n) is 19.9. The molecule has 1 unspecified atom stereocenters. The van der Waals surface area contributed by atoms with Gasteiger partial charge in [-0.15, -0.1) is 0 Å². The molecule has 4 aromatic rings. The number of rotatable bonds is 5. The van der Waals surface area contributed by atoms with E-state index in [2.05, 4.69) is 88.0 Å². The van der Waals surface area contributed by atoms with Crippen molar-refractivity contribution in [2.45, 2.75) is 37.8 Å². The molecule has 4 heteroatoms. The summed E-state index contributed by atoms with van der Waals surface area (Å²) in [6.45, 7) is 4.18. The Balaban J connectivity index is 1.23. The van der Waals surface area contributed by atoms with Gasteiger partial charge in [0, 0.05) is 35.2 Å². The van der Waals surface area contributed by atoms with Crippen molar-refractivity contribution in [3.63, 3.8) is 0 Å². The molecule has 0 amide bonds. The van der Waals surface area contributed by atoms with Crippen LogP contribution in [0.15, 0.2) is 72.8 Å². The molecule has 0 spiro atoms. The molecule has 1 aromatic heterocycles. The fraction of sp³-hybridized carbons (Fsp3) is 0.333. The van der Waals surface area contributed by atoms with Crippen LogP contribution in [-0.4, -0.2) is 36.6 Å². The maximum atomic E-state index is 5.78. The summed E-state index contributed by atoms with van der Waals surface area (Å²) < 4.78 is 5.78. The number of methoxy groups -OCH3 is 1. The van der Waals surface area contributed by atoms with E-state index < -0.39 is 0 Å². The van der Waals surface area contributed by atoms with Crippen molar-refractivity contribution in [1.82, 2.24) is 15.2 Å². The summed E-state index contributed by atoms with van der Waals surface area (Å²) in [6, 6.07) is 26.6. The molecule has 0 radical (unpaired) electrons. The predicted molar refractivity (Wildman–Crippen MR) is 139 cm³/mol. The summed E-state index contributed by atoms with van der Waals surface area (Å²) in [5.41, 5.74) is 8.08. The van der Waals surface area contributed by atoms with Crippen LogP contribution in [-0.2, 0) is 13.0 Å². The first kappa shape index (κ1) is 21.5. The molecule has 1 saturated heterocycles. The van der Waals surface area contributed by atoms with Crippen molar-refractivity contribution in [3.05, 3.63) is 101 Å². The highest BCUT2D eigenvalue weighted by atomic mass is 16.5. The second-order valence-electron chi connectivity index (χ2n) is 9.73. The molecule has 34 heavy (non-hydrogen) atoms. The summed E-state index contributed by atoms with van der Waals surface area (Å²) in [5.74, 6) is 1.67. The van der Waals surface area contributed by atoms with Gasteiger partial charge in [-0.05, 0) is 73.2 Å². The van der Waals surface area contributed by atoms with Gasteiger partial charge in [0.25, 0.3) is 0 Å². The molecule has 6 rings (SSSR count). The van der Waals surface area contributed by atoms with E-state index in [0.29, 0.717) is 5.92 Å². The highest BCUT2D eigenvalue weighted by Gasteiger charge is 2.26. The van der Waals surface area contributed by atoms with Crippen LogP contribution >= 0.6 is 0 Å². The van der Waals surface area contributed by atoms with E-state index in [0.717, 1.165) is 38.3 Å². The summed E-state index contributed by atoms with van der Waals surface area (Å²) in [5, 5.41) is 5.12. The van der Waals surface area contributed by atoms with Crippen molar-refractivity contribution in [1.29, 1.82) is 0 Å². The van der Waals surface area contributed by atoms with Gasteiger partial charge in [-0.25, -0.2) is 0 Å². The van der Waals surface area contributed by atoms with Crippen LogP contribution in [0.25, 0.3) is 10.9 Å². The molecule has 0 saturated carbocycles. The number of aromatic nitrogens is 1. The standard InChI is InChI=1S/C30H33N3O/c1-34-28-12-11-23(29-30-26(13-16-31-29)25-9-5-6-10-27(25)32-30)19-24(28)20-33-17-14-22(15-18-33)21-7-3-2-4-8-21/h2-12,19,22,29,31-32H,13-18,20H2,1H3. The Hall–Kier alpha value is -3.08. The number of likely N-dealkylation sites (tertiary alicyclic amines) is 1. The number of fused-ring (bicyclic) bond motifs is 3. The van der Waals surface area contributed by atoms with Gasteiger partial charge in [0.15, 0.2) is 0 Å². The van der Waals surface area contributed by atoms with Crippen molar-refractivity contribution in [2.24, 2.45) is 0 Å². The molecule has 3 heterocycles. The van der Waals surface area contributed by atoms with Crippen molar-refractivity contribution < 1.29 is 4.74 Å². The zero-order valence-corrected chi connectivity index (χ0v) is 19.9. The van der Waals surface area contributed by atoms with Gasteiger partial charge < -0.3 is 15.0 Å². The van der Waals surface area contributed by atoms with E-state index in [4.69, 9.17) is 4.74 Å². The lowest BCUT2D eigenvalue weighted by Crippen LogP contribution is -2.33. The van der Waals surface area contributed by atoms with Crippen LogP contribution in [0.3, 0.4) is 0 Å². The maximum Gasteiger partial charge on any atom is 0.123 e. The third-order valence-corrected chi connectivity index (χ3v) is 7.75. The number of ether oxygens (including phenoxy) is 1. The molecular formula is C30H33N3O. The SMILES string of the molecule is COc1ccc(C2NCCc3c2[nH]c2ccccc32)cc1CN1CCC(c2ccccc2)CC1. The van der Waals surface area contributed by atoms with Gasteiger partial charge in [0.05, 0.1) is 13.2 Å². The largest absolute Gasteiger partial charge is 0.496 e. The minimum absolute atomic E-state index is 0.185. The number of piperidine rings is 1. The topological polar surface area (TPSA) is 40.3 Å². The minimum atomic E-state index is 0.185. The monoisotopic (exact) mass is 451 g/mol.